The van der Waals surface area contributed by atoms with Crippen molar-refractivity contribution in [2.45, 2.75) is 45.3 Å². The molecule has 26 heavy (non-hydrogen) atoms. The lowest BCUT2D eigenvalue weighted by Crippen LogP contribution is -2.40. The molecular weight excluding hydrogens is 330 g/mol. The van der Waals surface area contributed by atoms with Gasteiger partial charge in [-0.1, -0.05) is 48.0 Å². The number of aliphatic hydroxyl groups excluding tert-OH is 1. The number of amides is 1. The van der Waals surface area contributed by atoms with Crippen LogP contribution in [0.25, 0.3) is 10.8 Å². The predicted molar refractivity (Wildman–Crippen MR) is 104 cm³/mol. The Balaban J connectivity index is 2.08. The first kappa shape index (κ1) is 19.9. The van der Waals surface area contributed by atoms with Gasteiger partial charge in [0.1, 0.15) is 6.10 Å². The van der Waals surface area contributed by atoms with Gasteiger partial charge in [0.25, 0.3) is 0 Å². The number of aliphatic hydroxyl groups is 2. The second kappa shape index (κ2) is 8.83. The Bertz CT molecular complexity index is 772. The van der Waals surface area contributed by atoms with E-state index < -0.39 is 17.8 Å². The van der Waals surface area contributed by atoms with Crippen molar-refractivity contribution in [1.82, 2.24) is 0 Å². The van der Waals surface area contributed by atoms with Crippen LogP contribution in [0.4, 0.5) is 10.5 Å². The first-order valence-electron chi connectivity index (χ1n) is 8.75. The molecule has 0 aromatic heterocycles. The summed E-state index contributed by atoms with van der Waals surface area (Å²) in [6.45, 7) is 5.11. The summed E-state index contributed by atoms with van der Waals surface area (Å²) >= 11 is 0. The molecule has 0 aliphatic heterocycles. The molecule has 1 amide bonds. The minimum atomic E-state index is -1.17. The largest absolute Gasteiger partial charge is 0.443 e. The molecule has 5 heteroatoms. The highest BCUT2D eigenvalue weighted by Crippen LogP contribution is 2.25. The van der Waals surface area contributed by atoms with Crippen molar-refractivity contribution in [3.05, 3.63) is 54.1 Å². The van der Waals surface area contributed by atoms with Crippen molar-refractivity contribution < 1.29 is 19.7 Å². The third kappa shape index (κ3) is 5.58. The summed E-state index contributed by atoms with van der Waals surface area (Å²) in [5, 5.41) is 24.0. The molecule has 5 nitrogen and oxygen atoms in total. The molecule has 0 heterocycles. The standard InChI is InChI=1S/C21H27NO4/c1-15(13-14-23)11-12-19(21(2,3)25)26-20(24)22-18-10-6-8-16-7-4-5-9-17(16)18/h4-10,13,19,23,25H,11-12,14H2,1-3H3,(H,22,24)/b15-13+/t19-/m1/s1. The van der Waals surface area contributed by atoms with Crippen molar-refractivity contribution in [2.75, 3.05) is 11.9 Å². The number of rotatable bonds is 7. The number of allylic oxidation sites excluding steroid dienone is 1. The molecule has 0 radical (unpaired) electrons. The number of ether oxygens (including phenoxy) is 1. The summed E-state index contributed by atoms with van der Waals surface area (Å²) in [4.78, 5) is 12.4. The predicted octanol–water partition coefficient (Wildman–Crippen LogP) is 4.25. The minimum Gasteiger partial charge on any atom is -0.443 e. The fourth-order valence-electron chi connectivity index (χ4n) is 2.78. The van der Waals surface area contributed by atoms with E-state index in [1.54, 1.807) is 19.9 Å². The fourth-order valence-corrected chi connectivity index (χ4v) is 2.78. The monoisotopic (exact) mass is 357 g/mol. The third-order valence-corrected chi connectivity index (χ3v) is 4.30. The van der Waals surface area contributed by atoms with E-state index in [4.69, 9.17) is 9.84 Å². The molecule has 1 atom stereocenters. The van der Waals surface area contributed by atoms with E-state index in [-0.39, 0.29) is 6.61 Å². The average molecular weight is 357 g/mol. The van der Waals surface area contributed by atoms with Crippen molar-refractivity contribution in [2.24, 2.45) is 0 Å². The topological polar surface area (TPSA) is 78.8 Å². The molecule has 0 bridgehead atoms. The Labute approximate surface area is 154 Å². The van der Waals surface area contributed by atoms with Gasteiger partial charge in [-0.3, -0.25) is 5.32 Å². The lowest BCUT2D eigenvalue weighted by Gasteiger charge is -2.29. The van der Waals surface area contributed by atoms with Crippen LogP contribution >= 0.6 is 0 Å². The number of anilines is 1. The summed E-state index contributed by atoms with van der Waals surface area (Å²) in [5.74, 6) is 0. The molecule has 0 fully saturated rings. The van der Waals surface area contributed by atoms with Crippen LogP contribution in [0.5, 0.6) is 0 Å². The molecule has 2 aromatic carbocycles. The van der Waals surface area contributed by atoms with E-state index in [0.717, 1.165) is 16.3 Å². The van der Waals surface area contributed by atoms with Gasteiger partial charge in [0.05, 0.1) is 17.9 Å². The summed E-state index contributed by atoms with van der Waals surface area (Å²) in [6, 6.07) is 13.4. The quantitative estimate of drug-likeness (QED) is 0.648. The molecule has 0 spiro atoms. The Hall–Kier alpha value is -2.37. The molecule has 0 saturated carbocycles. The zero-order chi connectivity index (χ0) is 19.2. The van der Waals surface area contributed by atoms with Crippen LogP contribution in [0.1, 0.15) is 33.6 Å². The number of carbonyl (C=O) groups is 1. The first-order chi connectivity index (χ1) is 12.3. The van der Waals surface area contributed by atoms with E-state index in [0.29, 0.717) is 18.5 Å². The maximum Gasteiger partial charge on any atom is 0.412 e. The maximum absolute atomic E-state index is 12.4. The van der Waals surface area contributed by atoms with Crippen LogP contribution < -0.4 is 5.32 Å². The number of nitrogens with one attached hydrogen (secondary N) is 1. The normalized spacial score (nSPS) is 13.5. The molecule has 3 N–H and O–H groups in total. The fraction of sp³-hybridized carbons (Fsp3) is 0.381. The van der Waals surface area contributed by atoms with E-state index in [2.05, 4.69) is 5.32 Å². The van der Waals surface area contributed by atoms with E-state index >= 15 is 0 Å². The van der Waals surface area contributed by atoms with Gasteiger partial charge in [-0.2, -0.15) is 0 Å². The van der Waals surface area contributed by atoms with Gasteiger partial charge >= 0.3 is 6.09 Å². The second-order valence-corrected chi connectivity index (χ2v) is 6.97. The Morgan fingerprint density at radius 2 is 1.92 bits per heavy atom. The summed E-state index contributed by atoms with van der Waals surface area (Å²) in [6.07, 6.45) is 1.53. The number of fused-ring (bicyclic) bond motifs is 1. The van der Waals surface area contributed by atoms with Gasteiger partial charge < -0.3 is 14.9 Å². The van der Waals surface area contributed by atoms with Crippen molar-refractivity contribution in [3.8, 4) is 0 Å². The van der Waals surface area contributed by atoms with Gasteiger partial charge in [0.2, 0.25) is 0 Å². The lowest BCUT2D eigenvalue weighted by atomic mass is 9.95. The molecule has 0 aliphatic carbocycles. The van der Waals surface area contributed by atoms with Crippen LogP contribution in [0, 0.1) is 0 Å². The van der Waals surface area contributed by atoms with Crippen LogP contribution in [0.15, 0.2) is 54.1 Å². The Morgan fingerprint density at radius 3 is 2.62 bits per heavy atom. The van der Waals surface area contributed by atoms with Crippen molar-refractivity contribution in [3.63, 3.8) is 0 Å². The highest BCUT2D eigenvalue weighted by molar-refractivity contribution is 6.00. The number of benzene rings is 2. The minimum absolute atomic E-state index is 0.0263. The molecule has 0 aliphatic rings. The molecule has 0 saturated heterocycles. The summed E-state index contributed by atoms with van der Waals surface area (Å²) in [5.41, 5.74) is 0.481. The number of hydrogen-bond acceptors (Lipinski definition) is 4. The van der Waals surface area contributed by atoms with E-state index in [1.165, 1.54) is 0 Å². The third-order valence-electron chi connectivity index (χ3n) is 4.30. The van der Waals surface area contributed by atoms with Crippen LogP contribution in [0.2, 0.25) is 0 Å². The molecule has 2 rings (SSSR count). The van der Waals surface area contributed by atoms with Gasteiger partial charge in [0, 0.05) is 5.39 Å². The van der Waals surface area contributed by atoms with Gasteiger partial charge in [0.15, 0.2) is 0 Å². The maximum atomic E-state index is 12.4. The highest BCUT2D eigenvalue weighted by atomic mass is 16.6. The Kier molecular flexibility index (Phi) is 6.77. The highest BCUT2D eigenvalue weighted by Gasteiger charge is 2.30. The molecule has 2 aromatic rings. The number of hydrogen-bond donors (Lipinski definition) is 3. The van der Waals surface area contributed by atoms with Crippen molar-refractivity contribution >= 4 is 22.6 Å². The lowest BCUT2D eigenvalue weighted by molar-refractivity contribution is -0.0549. The van der Waals surface area contributed by atoms with Gasteiger partial charge in [-0.05, 0) is 45.1 Å². The van der Waals surface area contributed by atoms with Crippen molar-refractivity contribution in [1.29, 1.82) is 0 Å². The second-order valence-electron chi connectivity index (χ2n) is 6.97. The molecular formula is C21H27NO4. The van der Waals surface area contributed by atoms with Gasteiger partial charge in [-0.25, -0.2) is 4.79 Å². The van der Waals surface area contributed by atoms with E-state index in [9.17, 15) is 9.90 Å². The smallest absolute Gasteiger partial charge is 0.412 e. The van der Waals surface area contributed by atoms with E-state index in [1.807, 2.05) is 49.4 Å². The SMILES string of the molecule is C/C(=C\CO)CC[C@@H](OC(=O)Nc1cccc2ccccc12)C(C)(C)O. The molecule has 0 unspecified atom stereocenters. The summed E-state index contributed by atoms with van der Waals surface area (Å²) < 4.78 is 5.51. The van der Waals surface area contributed by atoms with Crippen LogP contribution in [0.3, 0.4) is 0 Å². The number of carbonyl (C=O) groups excluding carboxylic acids is 1. The zero-order valence-electron chi connectivity index (χ0n) is 15.5. The zero-order valence-corrected chi connectivity index (χ0v) is 15.5. The average Bonchev–Trinajstić information content (AvgIpc) is 2.58. The molecule has 140 valence electrons. The van der Waals surface area contributed by atoms with Crippen LogP contribution in [-0.4, -0.2) is 34.6 Å². The van der Waals surface area contributed by atoms with Gasteiger partial charge in [-0.15, -0.1) is 0 Å². The summed E-state index contributed by atoms with van der Waals surface area (Å²) in [7, 11) is 0. The first-order valence-corrected chi connectivity index (χ1v) is 8.75. The van der Waals surface area contributed by atoms with Crippen LogP contribution in [-0.2, 0) is 4.74 Å². The Morgan fingerprint density at radius 1 is 1.23 bits per heavy atom.